The maximum atomic E-state index is 5.96. The van der Waals surface area contributed by atoms with E-state index in [9.17, 15) is 0 Å². The van der Waals surface area contributed by atoms with Crippen LogP contribution < -0.4 is 14.8 Å². The van der Waals surface area contributed by atoms with Crippen molar-refractivity contribution in [3.05, 3.63) is 41.2 Å². The molecule has 1 aromatic carbocycles. The van der Waals surface area contributed by atoms with Crippen molar-refractivity contribution in [2.75, 3.05) is 19.8 Å². The summed E-state index contributed by atoms with van der Waals surface area (Å²) in [7, 11) is 1.96. The summed E-state index contributed by atoms with van der Waals surface area (Å²) in [5.41, 5.74) is 3.52. The molecule has 0 unspecified atom stereocenters. The SMILES string of the molecule is Cc1c([C@H]2OCC[C@@H]2NCc2ccc3c(c2)OCCO3)cnn1C. The Morgan fingerprint density at radius 3 is 2.83 bits per heavy atom. The lowest BCUT2D eigenvalue weighted by Crippen LogP contribution is -2.31. The van der Waals surface area contributed by atoms with Crippen molar-refractivity contribution < 1.29 is 14.2 Å². The van der Waals surface area contributed by atoms with Crippen LogP contribution in [0.15, 0.2) is 24.4 Å². The molecular formula is C18H23N3O3. The highest BCUT2D eigenvalue weighted by molar-refractivity contribution is 5.43. The van der Waals surface area contributed by atoms with Gasteiger partial charge in [-0.2, -0.15) is 5.10 Å². The Hall–Kier alpha value is -2.05. The Balaban J connectivity index is 1.44. The molecule has 1 saturated heterocycles. The molecular weight excluding hydrogens is 306 g/mol. The van der Waals surface area contributed by atoms with E-state index in [1.165, 1.54) is 11.1 Å². The van der Waals surface area contributed by atoms with Crippen molar-refractivity contribution in [1.29, 1.82) is 0 Å². The van der Waals surface area contributed by atoms with Crippen LogP contribution >= 0.6 is 0 Å². The van der Waals surface area contributed by atoms with Gasteiger partial charge in [-0.3, -0.25) is 4.68 Å². The van der Waals surface area contributed by atoms with Gasteiger partial charge in [-0.1, -0.05) is 6.07 Å². The van der Waals surface area contributed by atoms with Gasteiger partial charge in [0.25, 0.3) is 0 Å². The molecule has 0 spiro atoms. The largest absolute Gasteiger partial charge is 0.486 e. The Bertz CT molecular complexity index is 728. The lowest BCUT2D eigenvalue weighted by atomic mass is 10.0. The van der Waals surface area contributed by atoms with E-state index >= 15 is 0 Å². The van der Waals surface area contributed by atoms with E-state index in [-0.39, 0.29) is 6.10 Å². The maximum absolute atomic E-state index is 5.96. The summed E-state index contributed by atoms with van der Waals surface area (Å²) in [5, 5.41) is 7.97. The maximum Gasteiger partial charge on any atom is 0.161 e. The van der Waals surface area contributed by atoms with E-state index < -0.39 is 0 Å². The fourth-order valence-electron chi connectivity index (χ4n) is 3.35. The average Bonchev–Trinajstić information content (AvgIpc) is 3.20. The highest BCUT2D eigenvalue weighted by atomic mass is 16.6. The van der Waals surface area contributed by atoms with Gasteiger partial charge < -0.3 is 19.5 Å². The topological polar surface area (TPSA) is 57.5 Å². The highest BCUT2D eigenvalue weighted by Gasteiger charge is 2.31. The minimum Gasteiger partial charge on any atom is -0.486 e. The van der Waals surface area contributed by atoms with E-state index in [0.29, 0.717) is 19.3 Å². The first-order valence-electron chi connectivity index (χ1n) is 8.44. The average molecular weight is 329 g/mol. The summed E-state index contributed by atoms with van der Waals surface area (Å²) in [5.74, 6) is 1.67. The molecule has 1 N–H and O–H groups in total. The van der Waals surface area contributed by atoms with Gasteiger partial charge in [0.05, 0.1) is 6.20 Å². The number of ether oxygens (including phenoxy) is 3. The van der Waals surface area contributed by atoms with Gasteiger partial charge in [0.1, 0.15) is 19.3 Å². The molecule has 0 aliphatic carbocycles. The Morgan fingerprint density at radius 1 is 1.21 bits per heavy atom. The van der Waals surface area contributed by atoms with Crippen LogP contribution in [-0.2, 0) is 18.3 Å². The summed E-state index contributed by atoms with van der Waals surface area (Å²) < 4.78 is 19.1. The molecule has 128 valence electrons. The zero-order chi connectivity index (χ0) is 16.5. The second-order valence-electron chi connectivity index (χ2n) is 6.35. The zero-order valence-electron chi connectivity index (χ0n) is 14.1. The first kappa shape index (κ1) is 15.5. The number of hydrogen-bond donors (Lipinski definition) is 1. The second kappa shape index (κ2) is 6.45. The van der Waals surface area contributed by atoms with Crippen LogP contribution in [0.2, 0.25) is 0 Å². The number of aryl methyl sites for hydroxylation is 1. The van der Waals surface area contributed by atoms with Gasteiger partial charge in [-0.05, 0) is 31.0 Å². The molecule has 0 radical (unpaired) electrons. The first-order valence-corrected chi connectivity index (χ1v) is 8.44. The third kappa shape index (κ3) is 2.87. The zero-order valence-corrected chi connectivity index (χ0v) is 14.1. The van der Waals surface area contributed by atoms with E-state index in [4.69, 9.17) is 14.2 Å². The summed E-state index contributed by atoms with van der Waals surface area (Å²) in [6.07, 6.45) is 2.99. The Morgan fingerprint density at radius 2 is 2.04 bits per heavy atom. The Kier molecular flexibility index (Phi) is 4.16. The van der Waals surface area contributed by atoms with Gasteiger partial charge in [0.15, 0.2) is 11.5 Å². The molecule has 6 heteroatoms. The van der Waals surface area contributed by atoms with Gasteiger partial charge in [-0.15, -0.1) is 0 Å². The van der Waals surface area contributed by atoms with Crippen molar-refractivity contribution >= 4 is 0 Å². The predicted molar refractivity (Wildman–Crippen MR) is 89.3 cm³/mol. The second-order valence-corrected chi connectivity index (χ2v) is 6.35. The number of benzene rings is 1. The van der Waals surface area contributed by atoms with Crippen molar-refractivity contribution in [2.24, 2.45) is 7.05 Å². The molecule has 4 rings (SSSR count). The van der Waals surface area contributed by atoms with Crippen molar-refractivity contribution in [2.45, 2.75) is 32.0 Å². The smallest absolute Gasteiger partial charge is 0.161 e. The number of nitrogens with zero attached hydrogens (tertiary/aromatic N) is 2. The van der Waals surface area contributed by atoms with Crippen LogP contribution in [0.4, 0.5) is 0 Å². The van der Waals surface area contributed by atoms with Crippen molar-refractivity contribution in [3.63, 3.8) is 0 Å². The summed E-state index contributed by atoms with van der Waals surface area (Å²) in [4.78, 5) is 0. The van der Waals surface area contributed by atoms with E-state index in [1.807, 2.05) is 24.0 Å². The molecule has 6 nitrogen and oxygen atoms in total. The van der Waals surface area contributed by atoms with Gasteiger partial charge in [0, 0.05) is 37.5 Å². The van der Waals surface area contributed by atoms with Crippen LogP contribution in [0.1, 0.15) is 29.3 Å². The molecule has 2 atom stereocenters. The molecule has 0 amide bonds. The quantitative estimate of drug-likeness (QED) is 0.931. The van der Waals surface area contributed by atoms with Crippen LogP contribution in [0.5, 0.6) is 11.5 Å². The number of nitrogens with one attached hydrogen (secondary N) is 1. The summed E-state index contributed by atoms with van der Waals surface area (Å²) in [6.45, 7) is 4.87. The van der Waals surface area contributed by atoms with E-state index in [1.54, 1.807) is 0 Å². The lowest BCUT2D eigenvalue weighted by Gasteiger charge is -2.21. The summed E-state index contributed by atoms with van der Waals surface area (Å²) in [6, 6.07) is 6.42. The molecule has 2 aliphatic heterocycles. The van der Waals surface area contributed by atoms with Crippen LogP contribution in [-0.4, -0.2) is 35.6 Å². The monoisotopic (exact) mass is 329 g/mol. The normalized spacial score (nSPS) is 22.8. The fourth-order valence-corrected chi connectivity index (χ4v) is 3.35. The molecule has 1 fully saturated rings. The lowest BCUT2D eigenvalue weighted by molar-refractivity contribution is 0.0979. The van der Waals surface area contributed by atoms with E-state index in [0.717, 1.165) is 36.8 Å². The number of fused-ring (bicyclic) bond motifs is 1. The third-order valence-electron chi connectivity index (χ3n) is 4.85. The molecule has 0 saturated carbocycles. The molecule has 2 aliphatic rings. The van der Waals surface area contributed by atoms with Crippen LogP contribution in [0.3, 0.4) is 0 Å². The number of hydrogen-bond acceptors (Lipinski definition) is 5. The van der Waals surface area contributed by atoms with E-state index in [2.05, 4.69) is 29.5 Å². The van der Waals surface area contributed by atoms with Crippen LogP contribution in [0.25, 0.3) is 0 Å². The van der Waals surface area contributed by atoms with Crippen molar-refractivity contribution in [3.8, 4) is 11.5 Å². The number of aromatic nitrogens is 2. The summed E-state index contributed by atoms with van der Waals surface area (Å²) >= 11 is 0. The first-order chi connectivity index (χ1) is 11.7. The van der Waals surface area contributed by atoms with Gasteiger partial charge in [-0.25, -0.2) is 0 Å². The standard InChI is InChI=1S/C18H23N3O3/c1-12-14(11-20-21(12)2)18-15(5-6-24-18)19-10-13-3-4-16-17(9-13)23-8-7-22-16/h3-4,9,11,15,18-19H,5-8,10H2,1-2H3/t15-,18+/m0/s1. The molecule has 24 heavy (non-hydrogen) atoms. The number of rotatable bonds is 4. The predicted octanol–water partition coefficient (Wildman–Crippen LogP) is 2.12. The van der Waals surface area contributed by atoms with Gasteiger partial charge >= 0.3 is 0 Å². The minimum atomic E-state index is 0.0657. The highest BCUT2D eigenvalue weighted by Crippen LogP contribution is 2.33. The fraction of sp³-hybridized carbons (Fsp3) is 0.500. The molecule has 0 bridgehead atoms. The molecule has 3 heterocycles. The Labute approximate surface area is 141 Å². The molecule has 1 aromatic heterocycles. The minimum absolute atomic E-state index is 0.0657. The van der Waals surface area contributed by atoms with Crippen LogP contribution in [0, 0.1) is 6.92 Å². The van der Waals surface area contributed by atoms with Crippen molar-refractivity contribution in [1.82, 2.24) is 15.1 Å². The molecule has 2 aromatic rings. The third-order valence-corrected chi connectivity index (χ3v) is 4.85. The van der Waals surface area contributed by atoms with Gasteiger partial charge in [0.2, 0.25) is 0 Å².